The molecule has 5 nitrogen and oxygen atoms in total. The smallest absolute Gasteiger partial charge is 0.311 e. The fraction of sp³-hybridized carbons (Fsp3) is 0.633. The van der Waals surface area contributed by atoms with E-state index in [9.17, 15) is 4.79 Å². The minimum atomic E-state index is -1.98. The molecule has 1 aromatic carbocycles. The first-order valence-electron chi connectivity index (χ1n) is 13.1. The number of halogens is 1. The van der Waals surface area contributed by atoms with Gasteiger partial charge in [-0.3, -0.25) is 4.79 Å². The minimum absolute atomic E-state index is 0.0758. The van der Waals surface area contributed by atoms with Crippen LogP contribution in [0.2, 0.25) is 18.1 Å². The van der Waals surface area contributed by atoms with Crippen LogP contribution in [0.25, 0.3) is 0 Å². The lowest BCUT2D eigenvalue weighted by atomic mass is 9.97. The molecular weight excluding hydrogens is 487 g/mol. The fourth-order valence-electron chi connectivity index (χ4n) is 3.02. The lowest BCUT2D eigenvalue weighted by Crippen LogP contribution is -2.44. The van der Waals surface area contributed by atoms with Crippen molar-refractivity contribution < 1.29 is 27.8 Å². The zero-order chi connectivity index (χ0) is 28.4. The van der Waals surface area contributed by atoms with E-state index in [1.807, 2.05) is 58.9 Å². The Labute approximate surface area is 225 Å². The van der Waals surface area contributed by atoms with Gasteiger partial charge >= 0.3 is 5.97 Å². The van der Waals surface area contributed by atoms with E-state index < -0.39 is 19.8 Å². The molecule has 1 aromatic rings. The van der Waals surface area contributed by atoms with E-state index in [1.165, 1.54) is 0 Å². The van der Waals surface area contributed by atoms with Crippen LogP contribution < -0.4 is 4.74 Å². The Balaban J connectivity index is 2.94. The number of hydrogen-bond donors (Lipinski definition) is 0. The highest BCUT2D eigenvalue weighted by atomic mass is 28.4. The van der Waals surface area contributed by atoms with E-state index in [0.717, 1.165) is 11.3 Å². The summed E-state index contributed by atoms with van der Waals surface area (Å²) in [5, 5.41) is 0.0758. The van der Waals surface area contributed by atoms with Gasteiger partial charge in [0.2, 0.25) is 0 Å². The first-order chi connectivity index (χ1) is 17.0. The van der Waals surface area contributed by atoms with Crippen molar-refractivity contribution in [3.05, 3.63) is 53.9 Å². The lowest BCUT2D eigenvalue weighted by molar-refractivity contribution is -0.152. The number of benzene rings is 1. The number of carbonyl (C=O) groups excluding carboxylic acids is 1. The van der Waals surface area contributed by atoms with Gasteiger partial charge in [0.25, 0.3) is 0 Å². The van der Waals surface area contributed by atoms with E-state index >= 15 is 4.39 Å². The highest BCUT2D eigenvalue weighted by Crippen LogP contribution is 2.38. The van der Waals surface area contributed by atoms with Crippen LogP contribution in [0, 0.1) is 11.3 Å². The van der Waals surface area contributed by atoms with Crippen molar-refractivity contribution in [1.29, 1.82) is 0 Å². The third kappa shape index (κ3) is 11.5. The third-order valence-electron chi connectivity index (χ3n) is 6.75. The Morgan fingerprint density at radius 3 is 2.16 bits per heavy atom. The number of hydrogen-bond acceptors (Lipinski definition) is 5. The molecule has 0 heterocycles. The van der Waals surface area contributed by atoms with E-state index in [4.69, 9.17) is 18.6 Å². The summed E-state index contributed by atoms with van der Waals surface area (Å²) in [4.78, 5) is 12.0. The highest BCUT2D eigenvalue weighted by molar-refractivity contribution is 6.74. The van der Waals surface area contributed by atoms with Crippen molar-refractivity contribution in [2.75, 3.05) is 13.7 Å². The zero-order valence-corrected chi connectivity index (χ0v) is 25.8. The molecule has 0 aliphatic rings. The standard InChI is InChI=1S/C30H49FO5Si/c1-22(23(2)36-37(10,11)30(6,7)8)20-26(31)27(14-12-13-19-34-28(32)29(3,4)5)35-21-24-15-17-25(33-9)18-16-24/h12,14-18,20,22-23,27H,13,19,21H2,1-11H3/t22-,23-,27?/m1/s1. The molecule has 0 N–H and O–H groups in total. The van der Waals surface area contributed by atoms with Crippen LogP contribution in [0.15, 0.2) is 48.3 Å². The minimum Gasteiger partial charge on any atom is -0.497 e. The van der Waals surface area contributed by atoms with E-state index in [0.29, 0.717) is 6.42 Å². The molecule has 1 unspecified atom stereocenters. The van der Waals surface area contributed by atoms with E-state index in [-0.39, 0.29) is 42.1 Å². The molecule has 0 aromatic heterocycles. The number of esters is 1. The van der Waals surface area contributed by atoms with Crippen molar-refractivity contribution >= 4 is 14.3 Å². The maximum absolute atomic E-state index is 15.5. The van der Waals surface area contributed by atoms with Gasteiger partial charge < -0.3 is 18.6 Å². The number of carbonyl (C=O) groups is 1. The predicted octanol–water partition coefficient (Wildman–Crippen LogP) is 8.02. The Morgan fingerprint density at radius 1 is 1.05 bits per heavy atom. The van der Waals surface area contributed by atoms with Crippen molar-refractivity contribution in [3.63, 3.8) is 0 Å². The monoisotopic (exact) mass is 536 g/mol. The molecular formula is C30H49FO5Si. The number of methoxy groups -OCH3 is 1. The summed E-state index contributed by atoms with van der Waals surface area (Å²) in [6.07, 6.45) is 4.56. The summed E-state index contributed by atoms with van der Waals surface area (Å²) in [5.41, 5.74) is 0.357. The van der Waals surface area contributed by atoms with Gasteiger partial charge in [-0.25, -0.2) is 4.39 Å². The van der Waals surface area contributed by atoms with Crippen LogP contribution in [0.4, 0.5) is 4.39 Å². The van der Waals surface area contributed by atoms with Crippen molar-refractivity contribution in [1.82, 2.24) is 0 Å². The quantitative estimate of drug-likeness (QED) is 0.111. The average Bonchev–Trinajstić information content (AvgIpc) is 2.79. The van der Waals surface area contributed by atoms with Crippen LogP contribution in [0.5, 0.6) is 5.75 Å². The molecule has 0 spiro atoms. The molecule has 0 saturated carbocycles. The van der Waals surface area contributed by atoms with Crippen molar-refractivity contribution in [3.8, 4) is 5.75 Å². The van der Waals surface area contributed by atoms with Gasteiger partial charge in [-0.2, -0.15) is 0 Å². The molecule has 0 fully saturated rings. The molecule has 0 amide bonds. The summed E-state index contributed by atoms with van der Waals surface area (Å²) in [6, 6.07) is 7.48. The van der Waals surface area contributed by atoms with Crippen LogP contribution in [0.3, 0.4) is 0 Å². The average molecular weight is 537 g/mol. The largest absolute Gasteiger partial charge is 0.497 e. The fourth-order valence-corrected chi connectivity index (χ4v) is 4.52. The third-order valence-corrected chi connectivity index (χ3v) is 11.3. The molecule has 0 saturated heterocycles. The Hall–Kier alpha value is -1.96. The summed E-state index contributed by atoms with van der Waals surface area (Å²) in [5.74, 6) is -0.0126. The van der Waals surface area contributed by atoms with Crippen molar-refractivity contribution in [2.24, 2.45) is 11.3 Å². The van der Waals surface area contributed by atoms with Gasteiger partial charge in [-0.1, -0.05) is 52.0 Å². The first kappa shape index (κ1) is 33.1. The maximum Gasteiger partial charge on any atom is 0.311 e. The van der Waals surface area contributed by atoms with Gasteiger partial charge in [0, 0.05) is 12.0 Å². The zero-order valence-electron chi connectivity index (χ0n) is 24.8. The summed E-state index contributed by atoms with van der Waals surface area (Å²) in [6.45, 7) is 20.9. The molecule has 0 bridgehead atoms. The van der Waals surface area contributed by atoms with Crippen LogP contribution >= 0.6 is 0 Å². The second kappa shape index (κ2) is 14.3. The van der Waals surface area contributed by atoms with Crippen LogP contribution in [0.1, 0.15) is 67.4 Å². The molecule has 0 radical (unpaired) electrons. The molecule has 7 heteroatoms. The van der Waals surface area contributed by atoms with E-state index in [1.54, 1.807) is 25.3 Å². The topological polar surface area (TPSA) is 54.0 Å². The van der Waals surface area contributed by atoms with Gasteiger partial charge in [-0.05, 0) is 76.0 Å². The first-order valence-corrected chi connectivity index (χ1v) is 16.0. The number of ether oxygens (including phenoxy) is 3. The Morgan fingerprint density at radius 2 is 1.65 bits per heavy atom. The summed E-state index contributed by atoms with van der Waals surface area (Å²) < 4.78 is 38.4. The lowest BCUT2D eigenvalue weighted by Gasteiger charge is -2.39. The summed E-state index contributed by atoms with van der Waals surface area (Å²) >= 11 is 0. The molecule has 37 heavy (non-hydrogen) atoms. The molecule has 3 atom stereocenters. The van der Waals surface area contributed by atoms with Crippen LogP contribution in [-0.4, -0.2) is 40.2 Å². The van der Waals surface area contributed by atoms with Gasteiger partial charge in [0.05, 0.1) is 25.7 Å². The second-order valence-electron chi connectivity index (χ2n) is 12.2. The molecule has 0 aliphatic heterocycles. The summed E-state index contributed by atoms with van der Waals surface area (Å²) in [7, 11) is -0.365. The molecule has 0 aliphatic carbocycles. The number of rotatable bonds is 13. The van der Waals surface area contributed by atoms with Crippen molar-refractivity contribution in [2.45, 2.75) is 98.8 Å². The molecule has 1 rings (SSSR count). The van der Waals surface area contributed by atoms with Gasteiger partial charge in [-0.15, -0.1) is 0 Å². The second-order valence-corrected chi connectivity index (χ2v) is 16.9. The Bertz CT molecular complexity index is 894. The Kier molecular flexibility index (Phi) is 12.7. The maximum atomic E-state index is 15.5. The predicted molar refractivity (Wildman–Crippen MR) is 152 cm³/mol. The SMILES string of the molecule is COc1ccc(COC(C=CCCOC(=O)C(C)(C)C)C(F)=C[C@@H](C)[C@@H](C)O[Si](C)(C)C(C)(C)C)cc1. The highest BCUT2D eigenvalue weighted by Gasteiger charge is 2.39. The van der Waals surface area contributed by atoms with E-state index in [2.05, 4.69) is 33.9 Å². The molecule has 210 valence electrons. The van der Waals surface area contributed by atoms with Gasteiger partial charge in [0.15, 0.2) is 8.32 Å². The van der Waals surface area contributed by atoms with Gasteiger partial charge in [0.1, 0.15) is 17.7 Å². The van der Waals surface area contributed by atoms with Crippen LogP contribution in [-0.2, 0) is 25.3 Å². The normalized spacial score (nSPS) is 15.9.